The third-order valence-corrected chi connectivity index (χ3v) is 1.55. The largest absolute Gasteiger partial charge is 0.489 e. The molecule has 5 heteroatoms. The fourth-order valence-corrected chi connectivity index (χ4v) is 0.862. The minimum Gasteiger partial charge on any atom is -0.489 e. The fourth-order valence-electron chi connectivity index (χ4n) is 0.713. The Morgan fingerprint density at radius 2 is 2.42 bits per heavy atom. The Hall–Kier alpha value is -1.00. The van der Waals surface area contributed by atoms with Gasteiger partial charge < -0.3 is 15.6 Å². The number of pyridine rings is 1. The maximum absolute atomic E-state index is 8.47. The van der Waals surface area contributed by atoms with Gasteiger partial charge >= 0.3 is 0 Å². The Kier molecular flexibility index (Phi) is 3.13. The van der Waals surface area contributed by atoms with Gasteiger partial charge in [-0.3, -0.25) is 0 Å². The van der Waals surface area contributed by atoms with E-state index in [1.54, 1.807) is 6.07 Å². The second-order valence-corrected chi connectivity index (χ2v) is 2.44. The van der Waals surface area contributed by atoms with Crippen molar-refractivity contribution in [3.8, 4) is 5.75 Å². The Labute approximate surface area is 74.9 Å². The zero-order valence-corrected chi connectivity index (χ0v) is 7.08. The van der Waals surface area contributed by atoms with E-state index < -0.39 is 0 Å². The number of aliphatic hydroxyl groups is 1. The average molecular weight is 189 g/mol. The molecule has 3 N–H and O–H groups in total. The van der Waals surface area contributed by atoms with E-state index in [2.05, 4.69) is 4.98 Å². The molecular weight excluding hydrogens is 180 g/mol. The number of nitrogens with zero attached hydrogens (tertiary/aromatic N) is 1. The quantitative estimate of drug-likeness (QED) is 0.685. The van der Waals surface area contributed by atoms with E-state index >= 15 is 0 Å². The van der Waals surface area contributed by atoms with Crippen molar-refractivity contribution < 1.29 is 9.84 Å². The lowest BCUT2D eigenvalue weighted by molar-refractivity contribution is 0.202. The summed E-state index contributed by atoms with van der Waals surface area (Å²) in [4.78, 5) is 3.75. The number of halogens is 1. The number of hydrogen-bond acceptors (Lipinski definition) is 4. The van der Waals surface area contributed by atoms with Crippen molar-refractivity contribution in [1.82, 2.24) is 4.98 Å². The summed E-state index contributed by atoms with van der Waals surface area (Å²) in [6.07, 6.45) is 1.49. The van der Waals surface area contributed by atoms with Crippen LogP contribution >= 0.6 is 11.6 Å². The first-order valence-corrected chi connectivity index (χ1v) is 3.77. The Morgan fingerprint density at radius 3 is 3.08 bits per heavy atom. The van der Waals surface area contributed by atoms with Gasteiger partial charge in [-0.05, 0) is 0 Å². The van der Waals surface area contributed by atoms with Crippen molar-refractivity contribution in [2.24, 2.45) is 0 Å². The SMILES string of the molecule is Nc1c(OCCO)ccnc1Cl. The van der Waals surface area contributed by atoms with Gasteiger partial charge in [-0.1, -0.05) is 11.6 Å². The zero-order valence-electron chi connectivity index (χ0n) is 6.33. The normalized spacial score (nSPS) is 9.83. The van der Waals surface area contributed by atoms with Crippen LogP contribution in [0.3, 0.4) is 0 Å². The molecule has 12 heavy (non-hydrogen) atoms. The number of ether oxygens (including phenoxy) is 1. The molecule has 0 atom stereocenters. The predicted octanol–water partition coefficient (Wildman–Crippen LogP) is 0.688. The van der Waals surface area contributed by atoms with E-state index in [4.69, 9.17) is 27.2 Å². The van der Waals surface area contributed by atoms with E-state index in [1.165, 1.54) is 6.20 Å². The maximum atomic E-state index is 8.47. The summed E-state index contributed by atoms with van der Waals surface area (Å²) in [5.74, 6) is 0.448. The standard InChI is InChI=1S/C7H9ClN2O2/c8-7-6(9)5(1-2-10-7)12-4-3-11/h1-2,11H,3-4,9H2. The summed E-state index contributed by atoms with van der Waals surface area (Å²) >= 11 is 5.61. The molecule has 66 valence electrons. The van der Waals surface area contributed by atoms with Crippen molar-refractivity contribution in [3.05, 3.63) is 17.4 Å². The van der Waals surface area contributed by atoms with Crippen molar-refractivity contribution in [2.45, 2.75) is 0 Å². The molecule has 0 amide bonds. The number of aromatic nitrogens is 1. The van der Waals surface area contributed by atoms with Gasteiger partial charge in [0.25, 0.3) is 0 Å². The molecule has 0 saturated heterocycles. The summed E-state index contributed by atoms with van der Waals surface area (Å²) in [5.41, 5.74) is 5.82. The maximum Gasteiger partial charge on any atom is 0.155 e. The third-order valence-electron chi connectivity index (χ3n) is 1.25. The Bertz CT molecular complexity index is 268. The van der Waals surface area contributed by atoms with Crippen molar-refractivity contribution in [1.29, 1.82) is 0 Å². The minimum atomic E-state index is -0.0562. The smallest absolute Gasteiger partial charge is 0.155 e. The number of nitrogens with two attached hydrogens (primary N) is 1. The van der Waals surface area contributed by atoms with Crippen LogP contribution in [-0.2, 0) is 0 Å². The molecule has 0 saturated carbocycles. The summed E-state index contributed by atoms with van der Waals surface area (Å²) in [7, 11) is 0. The Balaban J connectivity index is 2.78. The van der Waals surface area contributed by atoms with Crippen LogP contribution in [0.25, 0.3) is 0 Å². The number of aliphatic hydroxyl groups excluding tert-OH is 1. The molecule has 0 radical (unpaired) electrons. The number of nitrogen functional groups attached to an aromatic ring is 1. The van der Waals surface area contributed by atoms with Gasteiger partial charge in [-0.2, -0.15) is 0 Å². The Morgan fingerprint density at radius 1 is 1.67 bits per heavy atom. The van der Waals surface area contributed by atoms with E-state index in [0.717, 1.165) is 0 Å². The summed E-state index contributed by atoms with van der Waals surface area (Å²) in [6.45, 7) is 0.143. The highest BCUT2D eigenvalue weighted by atomic mass is 35.5. The second kappa shape index (κ2) is 4.13. The van der Waals surface area contributed by atoms with Crippen LogP contribution in [0.2, 0.25) is 5.15 Å². The summed E-state index contributed by atoms with van der Waals surface area (Å²) in [5, 5.41) is 8.69. The molecule has 1 aromatic heterocycles. The van der Waals surface area contributed by atoms with Crippen LogP contribution in [0, 0.1) is 0 Å². The number of hydrogen-bond donors (Lipinski definition) is 2. The molecular formula is C7H9ClN2O2. The molecule has 0 unspecified atom stereocenters. The second-order valence-electron chi connectivity index (χ2n) is 2.09. The van der Waals surface area contributed by atoms with Gasteiger partial charge in [-0.15, -0.1) is 0 Å². The third kappa shape index (κ3) is 1.99. The fraction of sp³-hybridized carbons (Fsp3) is 0.286. The predicted molar refractivity (Wildman–Crippen MR) is 46.2 cm³/mol. The lowest BCUT2D eigenvalue weighted by Crippen LogP contribution is -2.04. The van der Waals surface area contributed by atoms with Gasteiger partial charge in [-0.25, -0.2) is 4.98 Å². The molecule has 1 heterocycles. The van der Waals surface area contributed by atoms with E-state index in [9.17, 15) is 0 Å². The lowest BCUT2D eigenvalue weighted by atomic mass is 10.4. The van der Waals surface area contributed by atoms with Gasteiger partial charge in [0.2, 0.25) is 0 Å². The molecule has 0 aliphatic rings. The van der Waals surface area contributed by atoms with E-state index in [0.29, 0.717) is 11.4 Å². The van der Waals surface area contributed by atoms with Gasteiger partial charge in [0.1, 0.15) is 18.0 Å². The van der Waals surface area contributed by atoms with Crippen LogP contribution in [-0.4, -0.2) is 23.3 Å². The van der Waals surface area contributed by atoms with Crippen molar-refractivity contribution in [3.63, 3.8) is 0 Å². The molecule has 0 fully saturated rings. The monoisotopic (exact) mass is 188 g/mol. The highest BCUT2D eigenvalue weighted by Gasteiger charge is 2.03. The first-order chi connectivity index (χ1) is 5.75. The van der Waals surface area contributed by atoms with E-state index in [1.807, 2.05) is 0 Å². The molecule has 0 bridgehead atoms. The molecule has 0 aromatic carbocycles. The van der Waals surface area contributed by atoms with Crippen LogP contribution < -0.4 is 10.5 Å². The first kappa shape index (κ1) is 9.09. The van der Waals surface area contributed by atoms with E-state index in [-0.39, 0.29) is 18.4 Å². The molecule has 0 aliphatic carbocycles. The van der Waals surface area contributed by atoms with Crippen molar-refractivity contribution in [2.75, 3.05) is 18.9 Å². The molecule has 0 spiro atoms. The summed E-state index contributed by atoms with van der Waals surface area (Å²) in [6, 6.07) is 1.59. The van der Waals surface area contributed by atoms with Crippen LogP contribution in [0.1, 0.15) is 0 Å². The molecule has 1 aromatic rings. The first-order valence-electron chi connectivity index (χ1n) is 3.39. The van der Waals surface area contributed by atoms with Crippen molar-refractivity contribution >= 4 is 17.3 Å². The zero-order chi connectivity index (χ0) is 8.97. The molecule has 4 nitrogen and oxygen atoms in total. The topological polar surface area (TPSA) is 68.4 Å². The molecule has 0 aliphatic heterocycles. The number of rotatable bonds is 3. The minimum absolute atomic E-state index is 0.0562. The van der Waals surface area contributed by atoms with Gasteiger partial charge in [0, 0.05) is 12.3 Å². The summed E-state index contributed by atoms with van der Waals surface area (Å²) < 4.78 is 5.07. The van der Waals surface area contributed by atoms with Crippen LogP contribution in [0.5, 0.6) is 5.75 Å². The average Bonchev–Trinajstić information content (AvgIpc) is 2.08. The van der Waals surface area contributed by atoms with Crippen LogP contribution in [0.15, 0.2) is 12.3 Å². The van der Waals surface area contributed by atoms with Crippen LogP contribution in [0.4, 0.5) is 5.69 Å². The molecule has 1 rings (SSSR count). The highest BCUT2D eigenvalue weighted by molar-refractivity contribution is 6.32. The van der Waals surface area contributed by atoms with Gasteiger partial charge in [0.05, 0.1) is 6.61 Å². The number of anilines is 1. The lowest BCUT2D eigenvalue weighted by Gasteiger charge is -2.06. The highest BCUT2D eigenvalue weighted by Crippen LogP contribution is 2.26. The van der Waals surface area contributed by atoms with Gasteiger partial charge in [0.15, 0.2) is 5.15 Å².